The van der Waals surface area contributed by atoms with Crippen LogP contribution in [0.4, 0.5) is 13.2 Å². The average molecular weight is 657 g/mol. The number of amides is 1. The number of methoxy groups -OCH3 is 1. The van der Waals surface area contributed by atoms with E-state index in [-0.39, 0.29) is 6.61 Å². The van der Waals surface area contributed by atoms with Crippen molar-refractivity contribution in [2.75, 3.05) is 13.7 Å². The van der Waals surface area contributed by atoms with Crippen LogP contribution >= 0.6 is 15.9 Å². The van der Waals surface area contributed by atoms with Crippen LogP contribution in [0, 0.1) is 0 Å². The van der Waals surface area contributed by atoms with E-state index >= 15 is 0 Å². The number of hydrazone groups is 1. The van der Waals surface area contributed by atoms with Gasteiger partial charge in [0.2, 0.25) is 0 Å². The molecule has 0 radical (unpaired) electrons. The predicted molar refractivity (Wildman–Crippen MR) is 160 cm³/mol. The van der Waals surface area contributed by atoms with Gasteiger partial charge in [-0.1, -0.05) is 48.5 Å². The number of alkyl halides is 3. The molecule has 0 fully saturated rings. The highest BCUT2D eigenvalue weighted by atomic mass is 79.9. The van der Waals surface area contributed by atoms with Crippen LogP contribution in [0.25, 0.3) is 0 Å². The maximum absolute atomic E-state index is 13.3. The summed E-state index contributed by atoms with van der Waals surface area (Å²) in [5, 5.41) is 3.83. The molecule has 0 aliphatic rings. The Morgan fingerprint density at radius 3 is 2.30 bits per heavy atom. The summed E-state index contributed by atoms with van der Waals surface area (Å²) in [6, 6.07) is 23.1. The minimum absolute atomic E-state index is 0.191. The normalized spacial score (nSPS) is 11.3. The number of halogens is 4. The Bertz CT molecular complexity index is 1580. The quantitative estimate of drug-likeness (QED) is 0.124. The topological polar surface area (TPSA) is 78.4 Å². The Morgan fingerprint density at radius 2 is 1.58 bits per heavy atom. The zero-order chi connectivity index (χ0) is 30.8. The van der Waals surface area contributed by atoms with Gasteiger partial charge in [-0.05, 0) is 75.9 Å². The van der Waals surface area contributed by atoms with E-state index < -0.39 is 23.2 Å². The molecule has 0 heterocycles. The maximum atomic E-state index is 13.3. The molecule has 0 atom stereocenters. The first-order chi connectivity index (χ1) is 20.7. The molecule has 1 N–H and O–H groups in total. The van der Waals surface area contributed by atoms with Crippen LogP contribution < -0.4 is 24.4 Å². The molecule has 0 saturated carbocycles. The van der Waals surface area contributed by atoms with E-state index in [1.165, 1.54) is 18.3 Å². The molecule has 43 heavy (non-hydrogen) atoms. The Hall–Kier alpha value is -4.51. The van der Waals surface area contributed by atoms with Crippen LogP contribution in [0.1, 0.15) is 39.5 Å². The monoisotopic (exact) mass is 656 g/mol. The van der Waals surface area contributed by atoms with Gasteiger partial charge in [0, 0.05) is 0 Å². The van der Waals surface area contributed by atoms with Crippen molar-refractivity contribution >= 4 is 28.1 Å². The summed E-state index contributed by atoms with van der Waals surface area (Å²) < 4.78 is 63.6. The van der Waals surface area contributed by atoms with Crippen molar-refractivity contribution in [1.82, 2.24) is 5.43 Å². The first-order valence-corrected chi connectivity index (χ1v) is 13.9. The Labute approximate surface area is 255 Å². The summed E-state index contributed by atoms with van der Waals surface area (Å²) in [6.45, 7) is 2.75. The molecular formula is C32H28BrF3N2O5. The molecule has 0 spiro atoms. The van der Waals surface area contributed by atoms with E-state index in [1.54, 1.807) is 19.2 Å². The van der Waals surface area contributed by atoms with Crippen LogP contribution in [-0.2, 0) is 19.4 Å². The summed E-state index contributed by atoms with van der Waals surface area (Å²) >= 11 is 3.49. The third kappa shape index (κ3) is 8.51. The summed E-state index contributed by atoms with van der Waals surface area (Å²) in [6.07, 6.45) is -3.38. The molecule has 7 nitrogen and oxygen atoms in total. The standard InChI is InChI=1S/C32H28BrF3N2O5/c1-3-41-29-17-23(18-37-38-31(39)24-11-7-8-12-25(24)32(34,35)36)15-26(33)30(29)43-20-22-13-14-27(28(16-22)40-2)42-19-21-9-5-4-6-10-21/h4-18H,3,19-20H2,1-2H3,(H,38,39)/b37-18+. The average Bonchev–Trinajstić information content (AvgIpc) is 3.00. The lowest BCUT2D eigenvalue weighted by Crippen LogP contribution is -2.22. The summed E-state index contributed by atoms with van der Waals surface area (Å²) in [7, 11) is 1.57. The number of rotatable bonds is 12. The molecule has 4 aromatic carbocycles. The third-order valence-corrected chi connectivity index (χ3v) is 6.63. The van der Waals surface area contributed by atoms with Gasteiger partial charge in [-0.2, -0.15) is 18.3 Å². The summed E-state index contributed by atoms with van der Waals surface area (Å²) in [5.74, 6) is 1.02. The predicted octanol–water partition coefficient (Wildman–Crippen LogP) is 7.80. The summed E-state index contributed by atoms with van der Waals surface area (Å²) in [4.78, 5) is 12.4. The highest BCUT2D eigenvalue weighted by Gasteiger charge is 2.34. The van der Waals surface area contributed by atoms with Crippen LogP contribution in [0.2, 0.25) is 0 Å². The van der Waals surface area contributed by atoms with Crippen molar-refractivity contribution in [2.45, 2.75) is 26.3 Å². The van der Waals surface area contributed by atoms with E-state index in [2.05, 4.69) is 26.5 Å². The fourth-order valence-electron chi connectivity index (χ4n) is 4.03. The molecule has 11 heteroatoms. The maximum Gasteiger partial charge on any atom is 0.417 e. The Balaban J connectivity index is 1.44. The number of benzene rings is 4. The van der Waals surface area contributed by atoms with E-state index in [1.807, 2.05) is 55.5 Å². The number of nitrogens with one attached hydrogen (secondary N) is 1. The highest BCUT2D eigenvalue weighted by Crippen LogP contribution is 2.38. The van der Waals surface area contributed by atoms with Gasteiger partial charge >= 0.3 is 6.18 Å². The van der Waals surface area contributed by atoms with Crippen molar-refractivity contribution in [1.29, 1.82) is 0 Å². The molecule has 0 aliphatic carbocycles. The van der Waals surface area contributed by atoms with Crippen molar-refractivity contribution in [2.24, 2.45) is 5.10 Å². The van der Waals surface area contributed by atoms with Gasteiger partial charge in [-0.25, -0.2) is 5.43 Å². The SMILES string of the molecule is CCOc1cc(/C=N/NC(=O)c2ccccc2C(F)(F)F)cc(Br)c1OCc1ccc(OCc2ccccc2)c(OC)c1. The molecule has 0 bridgehead atoms. The van der Waals surface area contributed by atoms with Gasteiger partial charge in [-0.3, -0.25) is 4.79 Å². The second-order valence-corrected chi connectivity index (χ2v) is 9.91. The molecule has 224 valence electrons. The van der Waals surface area contributed by atoms with Gasteiger partial charge < -0.3 is 18.9 Å². The van der Waals surface area contributed by atoms with Crippen LogP contribution in [-0.4, -0.2) is 25.8 Å². The van der Waals surface area contributed by atoms with E-state index in [0.29, 0.717) is 46.2 Å². The number of hydrogen-bond acceptors (Lipinski definition) is 6. The van der Waals surface area contributed by atoms with Crippen molar-refractivity contribution < 1.29 is 36.9 Å². The van der Waals surface area contributed by atoms with Crippen molar-refractivity contribution in [3.8, 4) is 23.0 Å². The van der Waals surface area contributed by atoms with Crippen LogP contribution in [0.3, 0.4) is 0 Å². The highest BCUT2D eigenvalue weighted by molar-refractivity contribution is 9.10. The van der Waals surface area contributed by atoms with Gasteiger partial charge in [0.15, 0.2) is 23.0 Å². The molecule has 0 aromatic heterocycles. The number of carbonyl (C=O) groups is 1. The number of nitrogens with zero attached hydrogens (tertiary/aromatic N) is 1. The third-order valence-electron chi connectivity index (χ3n) is 6.04. The van der Waals surface area contributed by atoms with Crippen LogP contribution in [0.5, 0.6) is 23.0 Å². The lowest BCUT2D eigenvalue weighted by Gasteiger charge is -2.16. The molecule has 0 aliphatic heterocycles. The largest absolute Gasteiger partial charge is 0.493 e. The first-order valence-electron chi connectivity index (χ1n) is 13.1. The lowest BCUT2D eigenvalue weighted by atomic mass is 10.1. The minimum Gasteiger partial charge on any atom is -0.493 e. The number of hydrogen-bond donors (Lipinski definition) is 1. The molecule has 4 rings (SSSR count). The molecule has 0 unspecified atom stereocenters. The zero-order valence-corrected chi connectivity index (χ0v) is 24.9. The second kappa shape index (κ2) is 14.6. The zero-order valence-electron chi connectivity index (χ0n) is 23.3. The first kappa shape index (κ1) is 31.4. The molecule has 0 saturated heterocycles. The number of carbonyl (C=O) groups excluding carboxylic acids is 1. The molecular weight excluding hydrogens is 629 g/mol. The van der Waals surface area contributed by atoms with Crippen molar-refractivity contribution in [3.63, 3.8) is 0 Å². The van der Waals surface area contributed by atoms with E-state index in [0.717, 1.165) is 23.3 Å². The van der Waals surface area contributed by atoms with E-state index in [9.17, 15) is 18.0 Å². The van der Waals surface area contributed by atoms with Gasteiger partial charge in [0.25, 0.3) is 5.91 Å². The lowest BCUT2D eigenvalue weighted by molar-refractivity contribution is -0.137. The molecule has 4 aromatic rings. The second-order valence-electron chi connectivity index (χ2n) is 9.05. The molecule has 1 amide bonds. The number of ether oxygens (including phenoxy) is 4. The van der Waals surface area contributed by atoms with Gasteiger partial charge in [0.1, 0.15) is 13.2 Å². The fourth-order valence-corrected chi connectivity index (χ4v) is 4.61. The van der Waals surface area contributed by atoms with Crippen molar-refractivity contribution in [3.05, 3.63) is 117 Å². The Kier molecular flexibility index (Phi) is 10.7. The minimum atomic E-state index is -4.67. The Morgan fingerprint density at radius 1 is 0.860 bits per heavy atom. The fraction of sp³-hybridized carbons (Fsp3) is 0.188. The van der Waals surface area contributed by atoms with Gasteiger partial charge in [-0.15, -0.1) is 0 Å². The summed E-state index contributed by atoms with van der Waals surface area (Å²) in [5.41, 5.74) is 2.94. The van der Waals surface area contributed by atoms with Gasteiger partial charge in [0.05, 0.1) is 35.5 Å². The van der Waals surface area contributed by atoms with Crippen LogP contribution in [0.15, 0.2) is 94.5 Å². The smallest absolute Gasteiger partial charge is 0.417 e. The van der Waals surface area contributed by atoms with E-state index in [4.69, 9.17) is 18.9 Å².